The van der Waals surface area contributed by atoms with Gasteiger partial charge in [0.1, 0.15) is 0 Å². The molecule has 2 N–H and O–H groups in total. The van der Waals surface area contributed by atoms with Crippen molar-refractivity contribution in [3.63, 3.8) is 0 Å². The van der Waals surface area contributed by atoms with Gasteiger partial charge in [0.15, 0.2) is 0 Å². The molecule has 0 radical (unpaired) electrons. The van der Waals surface area contributed by atoms with E-state index < -0.39 is 0 Å². The number of hydrogen-bond acceptors (Lipinski definition) is 2. The number of urea groups is 1. The lowest BCUT2D eigenvalue weighted by Crippen LogP contribution is -2.42. The van der Waals surface area contributed by atoms with Crippen molar-refractivity contribution in [2.45, 2.75) is 70.4 Å². The van der Waals surface area contributed by atoms with Crippen molar-refractivity contribution in [3.05, 3.63) is 29.8 Å². The van der Waals surface area contributed by atoms with Gasteiger partial charge in [0, 0.05) is 31.2 Å². The van der Waals surface area contributed by atoms with Crippen LogP contribution in [0.1, 0.15) is 63.4 Å². The molecule has 3 rings (SSSR count). The third kappa shape index (κ3) is 5.21. The number of benzene rings is 1. The molecule has 5 nitrogen and oxygen atoms in total. The Bertz CT molecular complexity index is 577. The second-order valence-electron chi connectivity index (χ2n) is 7.18. The third-order valence-corrected chi connectivity index (χ3v) is 5.21. The maximum absolute atomic E-state index is 12.1. The molecule has 2 aliphatic rings. The SMILES string of the molecule is O=C(NCc1ccc(N2CCCC2=O)cc1)NC1CCCCCCC1. The number of anilines is 1. The smallest absolute Gasteiger partial charge is 0.315 e. The number of nitrogens with one attached hydrogen (secondary N) is 2. The molecule has 25 heavy (non-hydrogen) atoms. The highest BCUT2D eigenvalue weighted by Gasteiger charge is 2.21. The molecule has 1 saturated heterocycles. The van der Waals surface area contributed by atoms with Crippen LogP contribution in [0.2, 0.25) is 0 Å². The Labute approximate surface area is 150 Å². The van der Waals surface area contributed by atoms with E-state index >= 15 is 0 Å². The minimum atomic E-state index is -0.0793. The molecule has 1 aliphatic heterocycles. The Morgan fingerprint density at radius 1 is 1.00 bits per heavy atom. The fourth-order valence-electron chi connectivity index (χ4n) is 3.73. The van der Waals surface area contributed by atoms with Gasteiger partial charge in [0.05, 0.1) is 0 Å². The summed E-state index contributed by atoms with van der Waals surface area (Å²) in [4.78, 5) is 25.7. The zero-order chi connectivity index (χ0) is 17.5. The van der Waals surface area contributed by atoms with Crippen LogP contribution < -0.4 is 15.5 Å². The molecule has 1 heterocycles. The van der Waals surface area contributed by atoms with E-state index in [2.05, 4.69) is 10.6 Å². The molecule has 0 spiro atoms. The average Bonchev–Trinajstić information content (AvgIpc) is 3.02. The molecule has 1 aliphatic carbocycles. The summed E-state index contributed by atoms with van der Waals surface area (Å²) < 4.78 is 0. The van der Waals surface area contributed by atoms with Crippen molar-refractivity contribution in [1.82, 2.24) is 10.6 Å². The van der Waals surface area contributed by atoms with E-state index in [4.69, 9.17) is 0 Å². The van der Waals surface area contributed by atoms with Gasteiger partial charge in [-0.05, 0) is 37.0 Å². The maximum atomic E-state index is 12.1. The molecule has 1 saturated carbocycles. The predicted octanol–water partition coefficient (Wildman–Crippen LogP) is 3.73. The van der Waals surface area contributed by atoms with Gasteiger partial charge in [0.2, 0.25) is 5.91 Å². The van der Waals surface area contributed by atoms with Crippen LogP contribution in [0.3, 0.4) is 0 Å². The van der Waals surface area contributed by atoms with Gasteiger partial charge in [0.25, 0.3) is 0 Å². The van der Waals surface area contributed by atoms with Crippen molar-refractivity contribution in [1.29, 1.82) is 0 Å². The van der Waals surface area contributed by atoms with Crippen LogP contribution in [0.4, 0.5) is 10.5 Å². The van der Waals surface area contributed by atoms with Crippen LogP contribution in [0.15, 0.2) is 24.3 Å². The van der Waals surface area contributed by atoms with Crippen molar-refractivity contribution in [2.75, 3.05) is 11.4 Å². The zero-order valence-electron chi connectivity index (χ0n) is 14.9. The minimum absolute atomic E-state index is 0.0793. The van der Waals surface area contributed by atoms with E-state index in [0.717, 1.165) is 37.1 Å². The molecule has 2 fully saturated rings. The van der Waals surface area contributed by atoms with Gasteiger partial charge in [-0.1, -0.05) is 44.2 Å². The summed E-state index contributed by atoms with van der Waals surface area (Å²) in [6.07, 6.45) is 10.1. The van der Waals surface area contributed by atoms with Gasteiger partial charge in [-0.2, -0.15) is 0 Å². The molecule has 1 aromatic carbocycles. The monoisotopic (exact) mass is 343 g/mol. The number of hydrogen-bond donors (Lipinski definition) is 2. The second-order valence-corrected chi connectivity index (χ2v) is 7.18. The Balaban J connectivity index is 1.44. The van der Waals surface area contributed by atoms with Gasteiger partial charge < -0.3 is 15.5 Å². The lowest BCUT2D eigenvalue weighted by molar-refractivity contribution is -0.117. The van der Waals surface area contributed by atoms with E-state index in [-0.39, 0.29) is 11.9 Å². The summed E-state index contributed by atoms with van der Waals surface area (Å²) in [5.41, 5.74) is 1.99. The largest absolute Gasteiger partial charge is 0.335 e. The number of carbonyl (C=O) groups is 2. The highest BCUT2D eigenvalue weighted by Crippen LogP contribution is 2.21. The first-order valence-corrected chi connectivity index (χ1v) is 9.66. The highest BCUT2D eigenvalue weighted by atomic mass is 16.2. The van der Waals surface area contributed by atoms with E-state index in [0.29, 0.717) is 19.0 Å². The zero-order valence-corrected chi connectivity index (χ0v) is 14.9. The lowest BCUT2D eigenvalue weighted by atomic mass is 9.97. The highest BCUT2D eigenvalue weighted by molar-refractivity contribution is 5.95. The van der Waals surface area contributed by atoms with E-state index in [1.807, 2.05) is 29.2 Å². The van der Waals surface area contributed by atoms with E-state index in [1.54, 1.807) is 0 Å². The van der Waals surface area contributed by atoms with Gasteiger partial charge >= 0.3 is 6.03 Å². The molecule has 136 valence electrons. The number of nitrogens with zero attached hydrogens (tertiary/aromatic N) is 1. The number of amides is 3. The summed E-state index contributed by atoms with van der Waals surface area (Å²) in [5, 5.41) is 6.07. The van der Waals surface area contributed by atoms with Crippen molar-refractivity contribution in [3.8, 4) is 0 Å². The minimum Gasteiger partial charge on any atom is -0.335 e. The fraction of sp³-hybridized carbons (Fsp3) is 0.600. The first kappa shape index (κ1) is 17.8. The Kier molecular flexibility index (Phi) is 6.31. The summed E-state index contributed by atoms with van der Waals surface area (Å²) >= 11 is 0. The maximum Gasteiger partial charge on any atom is 0.315 e. The molecule has 5 heteroatoms. The topological polar surface area (TPSA) is 61.4 Å². The number of rotatable bonds is 4. The molecule has 0 aromatic heterocycles. The second kappa shape index (κ2) is 8.88. The predicted molar refractivity (Wildman–Crippen MR) is 99.5 cm³/mol. The van der Waals surface area contributed by atoms with Crippen LogP contribution in [-0.2, 0) is 11.3 Å². The molecule has 1 aromatic rings. The van der Waals surface area contributed by atoms with Gasteiger partial charge in [-0.15, -0.1) is 0 Å². The lowest BCUT2D eigenvalue weighted by Gasteiger charge is -2.21. The Morgan fingerprint density at radius 3 is 2.32 bits per heavy atom. The molecular formula is C20H29N3O2. The van der Waals surface area contributed by atoms with Gasteiger partial charge in [-0.3, -0.25) is 4.79 Å². The molecule has 0 unspecified atom stereocenters. The van der Waals surface area contributed by atoms with Crippen molar-refractivity contribution >= 4 is 17.6 Å². The third-order valence-electron chi connectivity index (χ3n) is 5.21. The summed E-state index contributed by atoms with van der Waals surface area (Å²) in [6, 6.07) is 8.13. The van der Waals surface area contributed by atoms with Crippen LogP contribution >= 0.6 is 0 Å². The fourth-order valence-corrected chi connectivity index (χ4v) is 3.73. The molecule has 3 amide bonds. The normalized spacial score (nSPS) is 19.4. The van der Waals surface area contributed by atoms with E-state index in [9.17, 15) is 9.59 Å². The van der Waals surface area contributed by atoms with Crippen LogP contribution in [0, 0.1) is 0 Å². The van der Waals surface area contributed by atoms with Crippen LogP contribution in [0.5, 0.6) is 0 Å². The van der Waals surface area contributed by atoms with Crippen molar-refractivity contribution < 1.29 is 9.59 Å². The first-order chi connectivity index (χ1) is 12.2. The average molecular weight is 343 g/mol. The summed E-state index contributed by atoms with van der Waals surface area (Å²) in [6.45, 7) is 1.31. The van der Waals surface area contributed by atoms with Gasteiger partial charge in [-0.25, -0.2) is 4.79 Å². The molecule has 0 atom stereocenters. The first-order valence-electron chi connectivity index (χ1n) is 9.66. The van der Waals surface area contributed by atoms with Crippen LogP contribution in [0.25, 0.3) is 0 Å². The Hall–Kier alpha value is -2.04. The number of carbonyl (C=O) groups excluding carboxylic acids is 2. The van der Waals surface area contributed by atoms with Crippen LogP contribution in [-0.4, -0.2) is 24.5 Å². The van der Waals surface area contributed by atoms with Crippen molar-refractivity contribution in [2.24, 2.45) is 0 Å². The standard InChI is InChI=1S/C20H29N3O2/c24-19-9-6-14-23(19)18-12-10-16(11-13-18)15-21-20(25)22-17-7-4-2-1-3-5-8-17/h10-13,17H,1-9,14-15H2,(H2,21,22,25). The molecule has 0 bridgehead atoms. The van der Waals surface area contributed by atoms with E-state index in [1.165, 1.54) is 32.1 Å². The molecular weight excluding hydrogens is 314 g/mol. The Morgan fingerprint density at radius 2 is 1.68 bits per heavy atom. The summed E-state index contributed by atoms with van der Waals surface area (Å²) in [5.74, 6) is 0.199. The summed E-state index contributed by atoms with van der Waals surface area (Å²) in [7, 11) is 0. The quantitative estimate of drug-likeness (QED) is 0.875.